The maximum atomic E-state index is 10.7. The van der Waals surface area contributed by atoms with E-state index in [4.69, 9.17) is 4.52 Å². The predicted octanol–water partition coefficient (Wildman–Crippen LogP) is 2.10. The fourth-order valence-electron chi connectivity index (χ4n) is 0.626. The first kappa shape index (κ1) is 11.8. The molecule has 0 fully saturated rings. The van der Waals surface area contributed by atoms with E-state index < -0.39 is 8.25 Å². The van der Waals surface area contributed by atoms with Crippen LogP contribution in [0.2, 0.25) is 0 Å². The van der Waals surface area contributed by atoms with Gasteiger partial charge in [-0.3, -0.25) is 0 Å². The second kappa shape index (κ2) is 6.36. The molecule has 0 aliphatic carbocycles. The van der Waals surface area contributed by atoms with Crippen molar-refractivity contribution >= 4 is 8.25 Å². The molecule has 0 aliphatic heterocycles. The zero-order valence-electron chi connectivity index (χ0n) is 6.82. The van der Waals surface area contributed by atoms with E-state index in [0.717, 1.165) is 0 Å². The molecule has 0 amide bonds. The Labute approximate surface area is 84.8 Å². The Bertz CT molecular complexity index is 240. The van der Waals surface area contributed by atoms with Gasteiger partial charge in [-0.15, -0.1) is 0 Å². The van der Waals surface area contributed by atoms with Crippen LogP contribution < -0.4 is 4.52 Å². The predicted molar refractivity (Wildman–Crippen MR) is 43.1 cm³/mol. The number of rotatable bonds is 3. The van der Waals surface area contributed by atoms with Gasteiger partial charge in [-0.2, -0.15) is 0 Å². The summed E-state index contributed by atoms with van der Waals surface area (Å²) in [6, 6.07) is 8.92. The summed E-state index contributed by atoms with van der Waals surface area (Å²) in [5.74, 6) is 0.568. The van der Waals surface area contributed by atoms with Crippen molar-refractivity contribution < 1.29 is 33.1 Å². The van der Waals surface area contributed by atoms with Gasteiger partial charge in [-0.25, -0.2) is 4.57 Å². The first-order valence-electron chi connectivity index (χ1n) is 3.14. The summed E-state index contributed by atoms with van der Waals surface area (Å²) in [7, 11) is -0.980. The Hall–Kier alpha value is -0.167. The molecule has 0 saturated carbocycles. The van der Waals surface area contributed by atoms with E-state index in [1.54, 1.807) is 24.3 Å². The molecule has 1 aromatic rings. The number of para-hydroxylation sites is 1. The molecule has 0 bridgehead atoms. The molecule has 1 atom stereocenters. The van der Waals surface area contributed by atoms with Gasteiger partial charge in [-0.1, -0.05) is 18.2 Å². The SMILES string of the molecule is CO[PH](=O)Oc1ccccc1.[Zn]. The third-order valence-electron chi connectivity index (χ3n) is 1.11. The van der Waals surface area contributed by atoms with Gasteiger partial charge in [0.05, 0.1) is 0 Å². The normalized spacial score (nSPS) is 11.4. The van der Waals surface area contributed by atoms with Gasteiger partial charge in [0.2, 0.25) is 0 Å². The Kier molecular flexibility index (Phi) is 6.27. The molecule has 62 valence electrons. The minimum Gasteiger partial charge on any atom is -0.426 e. The molecule has 3 nitrogen and oxygen atoms in total. The molecule has 5 heteroatoms. The van der Waals surface area contributed by atoms with E-state index in [9.17, 15) is 4.57 Å². The zero-order chi connectivity index (χ0) is 8.10. The van der Waals surface area contributed by atoms with E-state index in [1.165, 1.54) is 7.11 Å². The van der Waals surface area contributed by atoms with Crippen LogP contribution in [0, 0.1) is 0 Å². The summed E-state index contributed by atoms with van der Waals surface area (Å²) in [5.41, 5.74) is 0. The number of benzene rings is 1. The minimum absolute atomic E-state index is 0. The summed E-state index contributed by atoms with van der Waals surface area (Å²) in [6.45, 7) is 0. The average Bonchev–Trinajstić information content (AvgIpc) is 2.06. The largest absolute Gasteiger partial charge is 0.426 e. The second-order valence-corrected chi connectivity index (χ2v) is 2.98. The molecular weight excluding hydrogens is 228 g/mol. The average molecular weight is 238 g/mol. The van der Waals surface area contributed by atoms with Crippen LogP contribution in [0.3, 0.4) is 0 Å². The van der Waals surface area contributed by atoms with Crippen LogP contribution >= 0.6 is 8.25 Å². The van der Waals surface area contributed by atoms with E-state index in [-0.39, 0.29) is 19.5 Å². The van der Waals surface area contributed by atoms with Crippen LogP contribution in [-0.4, -0.2) is 7.11 Å². The Balaban J connectivity index is 0.00000121. The van der Waals surface area contributed by atoms with E-state index in [1.807, 2.05) is 6.07 Å². The summed E-state index contributed by atoms with van der Waals surface area (Å²) >= 11 is 0. The van der Waals surface area contributed by atoms with Crippen LogP contribution in [0.15, 0.2) is 30.3 Å². The van der Waals surface area contributed by atoms with Crippen molar-refractivity contribution in [2.75, 3.05) is 7.11 Å². The summed E-state index contributed by atoms with van der Waals surface area (Å²) in [5, 5.41) is 0. The van der Waals surface area contributed by atoms with Gasteiger partial charge in [0.15, 0.2) is 0 Å². The van der Waals surface area contributed by atoms with Gasteiger partial charge >= 0.3 is 8.25 Å². The van der Waals surface area contributed by atoms with Crippen molar-refractivity contribution in [2.45, 2.75) is 0 Å². The fraction of sp³-hybridized carbons (Fsp3) is 0.143. The molecule has 1 aromatic carbocycles. The van der Waals surface area contributed by atoms with Crippen molar-refractivity contribution in [3.8, 4) is 5.75 Å². The van der Waals surface area contributed by atoms with Crippen molar-refractivity contribution in [3.05, 3.63) is 30.3 Å². The molecule has 0 radical (unpaired) electrons. The van der Waals surface area contributed by atoms with Gasteiger partial charge in [0, 0.05) is 26.6 Å². The van der Waals surface area contributed by atoms with E-state index in [0.29, 0.717) is 5.75 Å². The summed E-state index contributed by atoms with van der Waals surface area (Å²) in [6.07, 6.45) is 0. The third-order valence-corrected chi connectivity index (χ3v) is 1.85. The number of hydrogen-bond donors (Lipinski definition) is 0. The monoisotopic (exact) mass is 236 g/mol. The Morgan fingerprint density at radius 3 is 2.33 bits per heavy atom. The van der Waals surface area contributed by atoms with Crippen molar-refractivity contribution in [1.29, 1.82) is 0 Å². The van der Waals surface area contributed by atoms with Crippen molar-refractivity contribution in [1.82, 2.24) is 0 Å². The molecule has 0 N–H and O–H groups in total. The minimum atomic E-state index is -2.33. The van der Waals surface area contributed by atoms with Crippen molar-refractivity contribution in [2.24, 2.45) is 0 Å². The third kappa shape index (κ3) is 4.01. The molecule has 0 saturated heterocycles. The van der Waals surface area contributed by atoms with Gasteiger partial charge in [0.25, 0.3) is 0 Å². The van der Waals surface area contributed by atoms with Gasteiger partial charge in [-0.05, 0) is 12.1 Å². The molecule has 0 aromatic heterocycles. The molecule has 0 spiro atoms. The Morgan fingerprint density at radius 1 is 1.25 bits per heavy atom. The van der Waals surface area contributed by atoms with E-state index in [2.05, 4.69) is 4.52 Å². The fourth-order valence-corrected chi connectivity index (χ4v) is 1.04. The summed E-state index contributed by atoms with van der Waals surface area (Å²) in [4.78, 5) is 0. The van der Waals surface area contributed by atoms with Gasteiger partial charge in [0.1, 0.15) is 5.75 Å². The molecule has 0 aliphatic rings. The molecule has 0 heterocycles. The Morgan fingerprint density at radius 2 is 1.83 bits per heavy atom. The molecule has 12 heavy (non-hydrogen) atoms. The quantitative estimate of drug-likeness (QED) is 0.597. The van der Waals surface area contributed by atoms with Crippen LogP contribution in [0.5, 0.6) is 5.75 Å². The van der Waals surface area contributed by atoms with Crippen LogP contribution in [0.1, 0.15) is 0 Å². The standard InChI is InChI=1S/C7H9O3P.Zn/c1-9-11(8)10-7-5-3-2-4-6-7;/h2-6,11H,1H3;. The second-order valence-electron chi connectivity index (χ2n) is 1.87. The smallest absolute Gasteiger partial charge is 0.367 e. The van der Waals surface area contributed by atoms with Gasteiger partial charge < -0.3 is 9.05 Å². The first-order valence-corrected chi connectivity index (χ1v) is 4.36. The first-order chi connectivity index (χ1) is 5.33. The zero-order valence-corrected chi connectivity index (χ0v) is 10.8. The van der Waals surface area contributed by atoms with Crippen molar-refractivity contribution in [3.63, 3.8) is 0 Å². The topological polar surface area (TPSA) is 35.5 Å². The van der Waals surface area contributed by atoms with Crippen LogP contribution in [-0.2, 0) is 28.6 Å². The summed E-state index contributed by atoms with van der Waals surface area (Å²) < 4.78 is 20.1. The van der Waals surface area contributed by atoms with Crippen LogP contribution in [0.4, 0.5) is 0 Å². The maximum Gasteiger partial charge on any atom is 0.367 e. The molecular formula is C7H9O3PZn. The molecule has 1 unspecified atom stereocenters. The maximum absolute atomic E-state index is 10.7. The van der Waals surface area contributed by atoms with Crippen LogP contribution in [0.25, 0.3) is 0 Å². The number of hydrogen-bond acceptors (Lipinski definition) is 3. The van der Waals surface area contributed by atoms with E-state index >= 15 is 0 Å². The molecule has 1 rings (SSSR count).